The van der Waals surface area contributed by atoms with Gasteiger partial charge < -0.3 is 9.88 Å². The summed E-state index contributed by atoms with van der Waals surface area (Å²) < 4.78 is 2.08. The summed E-state index contributed by atoms with van der Waals surface area (Å²) in [6.45, 7) is 5.73. The van der Waals surface area contributed by atoms with E-state index in [2.05, 4.69) is 21.8 Å². The Morgan fingerprint density at radius 3 is 3.00 bits per heavy atom. The molecule has 2 heterocycles. The van der Waals surface area contributed by atoms with E-state index in [1.807, 2.05) is 25.3 Å². The summed E-state index contributed by atoms with van der Waals surface area (Å²) in [4.78, 5) is 16.1. The first-order chi connectivity index (χ1) is 8.76. The molecule has 0 aromatic carbocycles. The molecule has 0 spiro atoms. The fraction of sp³-hybridized carbons (Fsp3) is 0.429. The molecule has 2 aromatic heterocycles. The first kappa shape index (κ1) is 12.6. The zero-order valence-corrected chi connectivity index (χ0v) is 10.9. The van der Waals surface area contributed by atoms with Crippen LogP contribution in [0.1, 0.15) is 25.8 Å². The highest BCUT2D eigenvalue weighted by atomic mass is 16.1. The molecule has 18 heavy (non-hydrogen) atoms. The monoisotopic (exact) mass is 245 g/mol. The Morgan fingerprint density at radius 2 is 2.28 bits per heavy atom. The number of pyridine rings is 1. The van der Waals surface area contributed by atoms with Gasteiger partial charge in [-0.2, -0.15) is 0 Å². The van der Waals surface area contributed by atoms with Crippen molar-refractivity contribution in [3.63, 3.8) is 0 Å². The maximum absolute atomic E-state index is 11.8. The van der Waals surface area contributed by atoms with Crippen LogP contribution in [0.15, 0.2) is 24.5 Å². The third-order valence-electron chi connectivity index (χ3n) is 2.98. The Kier molecular flexibility index (Phi) is 3.97. The number of nitrogens with one attached hydrogen (secondary N) is 1. The van der Waals surface area contributed by atoms with E-state index < -0.39 is 0 Å². The van der Waals surface area contributed by atoms with Crippen molar-refractivity contribution in [2.75, 3.05) is 6.54 Å². The van der Waals surface area contributed by atoms with E-state index in [0.29, 0.717) is 6.42 Å². The van der Waals surface area contributed by atoms with Crippen LogP contribution in [-0.2, 0) is 17.8 Å². The van der Waals surface area contributed by atoms with Gasteiger partial charge in [-0.1, -0.05) is 6.92 Å². The molecule has 0 saturated carbocycles. The first-order valence-corrected chi connectivity index (χ1v) is 6.45. The largest absolute Gasteiger partial charge is 0.356 e. The lowest BCUT2D eigenvalue weighted by Gasteiger charge is -2.01. The van der Waals surface area contributed by atoms with Crippen LogP contribution < -0.4 is 5.32 Å². The van der Waals surface area contributed by atoms with Crippen molar-refractivity contribution in [1.82, 2.24) is 14.9 Å². The highest BCUT2D eigenvalue weighted by Gasteiger charge is 2.11. The highest BCUT2D eigenvalue weighted by Crippen LogP contribution is 2.19. The number of nitrogens with zero attached hydrogens (tertiary/aromatic N) is 2. The molecule has 0 radical (unpaired) electrons. The fourth-order valence-corrected chi connectivity index (χ4v) is 2.08. The molecule has 2 rings (SSSR count). The number of fused-ring (bicyclic) bond motifs is 1. The second-order valence-electron chi connectivity index (χ2n) is 4.34. The van der Waals surface area contributed by atoms with E-state index in [1.54, 1.807) is 6.20 Å². The van der Waals surface area contributed by atoms with Crippen LogP contribution in [0.3, 0.4) is 0 Å². The van der Waals surface area contributed by atoms with Crippen molar-refractivity contribution >= 4 is 16.9 Å². The van der Waals surface area contributed by atoms with E-state index in [0.717, 1.165) is 36.1 Å². The third-order valence-corrected chi connectivity index (χ3v) is 2.98. The van der Waals surface area contributed by atoms with Gasteiger partial charge in [0.15, 0.2) is 0 Å². The smallest absolute Gasteiger partial charge is 0.224 e. The summed E-state index contributed by atoms with van der Waals surface area (Å²) in [5.74, 6) is 0.0795. The number of carbonyl (C=O) groups is 1. The van der Waals surface area contributed by atoms with E-state index in [9.17, 15) is 4.79 Å². The number of aryl methyl sites for hydroxylation is 1. The molecule has 0 fully saturated rings. The van der Waals surface area contributed by atoms with E-state index >= 15 is 0 Å². The van der Waals surface area contributed by atoms with Gasteiger partial charge in [0.25, 0.3) is 0 Å². The van der Waals surface area contributed by atoms with Crippen molar-refractivity contribution in [1.29, 1.82) is 0 Å². The number of hydrogen-bond acceptors (Lipinski definition) is 2. The summed E-state index contributed by atoms with van der Waals surface area (Å²) in [5, 5.41) is 3.98. The fourth-order valence-electron chi connectivity index (χ4n) is 2.08. The Labute approximate surface area is 107 Å². The number of rotatable bonds is 5. The zero-order chi connectivity index (χ0) is 13.0. The Bertz CT molecular complexity index is 545. The number of carbonyl (C=O) groups excluding carboxylic acids is 1. The van der Waals surface area contributed by atoms with Gasteiger partial charge in [0, 0.05) is 30.9 Å². The SMILES string of the molecule is CCCNC(=O)Cc1cn(CC)c2ncccc12. The lowest BCUT2D eigenvalue weighted by Crippen LogP contribution is -2.25. The second kappa shape index (κ2) is 5.67. The molecule has 1 amide bonds. The van der Waals surface area contributed by atoms with Crippen LogP contribution in [-0.4, -0.2) is 22.0 Å². The van der Waals surface area contributed by atoms with Crippen LogP contribution in [0.2, 0.25) is 0 Å². The molecular weight excluding hydrogens is 226 g/mol. The molecule has 0 atom stereocenters. The third kappa shape index (κ3) is 2.53. The van der Waals surface area contributed by atoms with Gasteiger partial charge in [0.05, 0.1) is 6.42 Å². The van der Waals surface area contributed by atoms with Gasteiger partial charge in [0.1, 0.15) is 5.65 Å². The maximum Gasteiger partial charge on any atom is 0.224 e. The average molecular weight is 245 g/mol. The lowest BCUT2D eigenvalue weighted by molar-refractivity contribution is -0.120. The predicted molar refractivity (Wildman–Crippen MR) is 72.4 cm³/mol. The van der Waals surface area contributed by atoms with Gasteiger partial charge in [-0.15, -0.1) is 0 Å². The number of hydrogen-bond donors (Lipinski definition) is 1. The van der Waals surface area contributed by atoms with Crippen LogP contribution in [0.25, 0.3) is 11.0 Å². The Balaban J connectivity index is 2.25. The summed E-state index contributed by atoms with van der Waals surface area (Å²) >= 11 is 0. The summed E-state index contributed by atoms with van der Waals surface area (Å²) in [6, 6.07) is 3.94. The molecule has 96 valence electrons. The predicted octanol–water partition coefficient (Wildman–Crippen LogP) is 2.12. The Hall–Kier alpha value is -1.84. The van der Waals surface area contributed by atoms with E-state index in [4.69, 9.17) is 0 Å². The minimum atomic E-state index is 0.0795. The highest BCUT2D eigenvalue weighted by molar-refractivity contribution is 5.87. The second-order valence-corrected chi connectivity index (χ2v) is 4.34. The van der Waals surface area contributed by atoms with Crippen molar-refractivity contribution < 1.29 is 4.79 Å². The molecular formula is C14H19N3O. The lowest BCUT2D eigenvalue weighted by atomic mass is 10.1. The Morgan fingerprint density at radius 1 is 1.44 bits per heavy atom. The minimum Gasteiger partial charge on any atom is -0.356 e. The van der Waals surface area contributed by atoms with Crippen LogP contribution in [0.5, 0.6) is 0 Å². The van der Waals surface area contributed by atoms with E-state index in [-0.39, 0.29) is 5.91 Å². The maximum atomic E-state index is 11.8. The molecule has 1 N–H and O–H groups in total. The van der Waals surface area contributed by atoms with Gasteiger partial charge in [-0.25, -0.2) is 4.98 Å². The van der Waals surface area contributed by atoms with Crippen molar-refractivity contribution in [2.24, 2.45) is 0 Å². The number of aromatic nitrogens is 2. The number of amides is 1. The molecule has 0 unspecified atom stereocenters. The van der Waals surface area contributed by atoms with Gasteiger partial charge >= 0.3 is 0 Å². The van der Waals surface area contributed by atoms with Crippen LogP contribution in [0.4, 0.5) is 0 Å². The molecule has 0 aliphatic rings. The zero-order valence-electron chi connectivity index (χ0n) is 10.9. The van der Waals surface area contributed by atoms with Crippen LogP contribution in [0, 0.1) is 0 Å². The molecule has 0 saturated heterocycles. The summed E-state index contributed by atoms with van der Waals surface area (Å²) in [5.41, 5.74) is 2.01. The molecule has 4 heteroatoms. The van der Waals surface area contributed by atoms with E-state index in [1.165, 1.54) is 0 Å². The molecule has 0 aliphatic carbocycles. The van der Waals surface area contributed by atoms with Crippen molar-refractivity contribution in [2.45, 2.75) is 33.2 Å². The molecule has 0 aliphatic heterocycles. The molecule has 4 nitrogen and oxygen atoms in total. The van der Waals surface area contributed by atoms with Gasteiger partial charge in [0.2, 0.25) is 5.91 Å². The van der Waals surface area contributed by atoms with Gasteiger partial charge in [-0.3, -0.25) is 4.79 Å². The topological polar surface area (TPSA) is 46.9 Å². The van der Waals surface area contributed by atoms with Gasteiger partial charge in [-0.05, 0) is 31.0 Å². The normalized spacial score (nSPS) is 10.8. The minimum absolute atomic E-state index is 0.0795. The first-order valence-electron chi connectivity index (χ1n) is 6.45. The summed E-state index contributed by atoms with van der Waals surface area (Å²) in [7, 11) is 0. The van der Waals surface area contributed by atoms with Crippen molar-refractivity contribution in [3.05, 3.63) is 30.1 Å². The summed E-state index contributed by atoms with van der Waals surface area (Å²) in [6.07, 6.45) is 5.21. The standard InChI is InChI=1S/C14H19N3O/c1-3-7-15-13(18)9-11-10-17(4-2)14-12(11)6-5-8-16-14/h5-6,8,10H,3-4,7,9H2,1-2H3,(H,15,18). The molecule has 2 aromatic rings. The molecule has 0 bridgehead atoms. The van der Waals surface area contributed by atoms with Crippen LogP contribution >= 0.6 is 0 Å². The van der Waals surface area contributed by atoms with Crippen molar-refractivity contribution in [3.8, 4) is 0 Å². The average Bonchev–Trinajstić information content (AvgIpc) is 2.75. The quantitative estimate of drug-likeness (QED) is 0.877.